The van der Waals surface area contributed by atoms with Gasteiger partial charge in [0.1, 0.15) is 12.4 Å². The molecule has 102 valence electrons. The first-order valence-electron chi connectivity index (χ1n) is 5.09. The molecule has 0 aromatic heterocycles. The van der Waals surface area contributed by atoms with E-state index in [1.807, 2.05) is 0 Å². The van der Waals surface area contributed by atoms with Crippen LogP contribution in [0.15, 0.2) is 18.2 Å². The van der Waals surface area contributed by atoms with Gasteiger partial charge in [-0.25, -0.2) is 4.79 Å². The van der Waals surface area contributed by atoms with Gasteiger partial charge in [-0.15, -0.1) is 0 Å². The fourth-order valence-electron chi connectivity index (χ4n) is 1.46. The van der Waals surface area contributed by atoms with Crippen molar-refractivity contribution < 1.29 is 29.5 Å². The number of rotatable bonds is 5. The molecule has 1 rings (SSSR count). The number of hydrogen-bond acceptors (Lipinski definition) is 7. The van der Waals surface area contributed by atoms with E-state index in [2.05, 4.69) is 4.74 Å². The van der Waals surface area contributed by atoms with Crippen molar-refractivity contribution in [1.82, 2.24) is 0 Å². The van der Waals surface area contributed by atoms with Gasteiger partial charge in [-0.2, -0.15) is 0 Å². The number of carbonyl (C=O) groups excluding carboxylic acids is 2. The summed E-state index contributed by atoms with van der Waals surface area (Å²) >= 11 is 0. The lowest BCUT2D eigenvalue weighted by Crippen LogP contribution is -2.29. The minimum Gasteiger partial charge on any atom is -0.467 e. The van der Waals surface area contributed by atoms with Crippen LogP contribution in [-0.4, -0.2) is 40.6 Å². The molecule has 2 unspecified atom stereocenters. The van der Waals surface area contributed by atoms with Crippen LogP contribution in [0.2, 0.25) is 0 Å². The van der Waals surface area contributed by atoms with Crippen molar-refractivity contribution in [3.05, 3.63) is 39.4 Å². The highest BCUT2D eigenvalue weighted by Gasteiger charge is 2.31. The van der Waals surface area contributed by atoms with Crippen molar-refractivity contribution in [2.24, 2.45) is 0 Å². The lowest BCUT2D eigenvalue weighted by Gasteiger charge is -2.16. The minimum absolute atomic E-state index is 0.0372. The van der Waals surface area contributed by atoms with Gasteiger partial charge in [-0.3, -0.25) is 14.9 Å². The Hall–Kier alpha value is -2.32. The number of hydrogen-bond donors (Lipinski definition) is 2. The quantitative estimate of drug-likeness (QED) is 0.332. The minimum atomic E-state index is -1.95. The number of nitro benzene ring substituents is 1. The molecular formula is C11H11NO7. The second kappa shape index (κ2) is 6.03. The Morgan fingerprint density at radius 2 is 2.11 bits per heavy atom. The Kier molecular flexibility index (Phi) is 4.67. The standard InChI is InChI=1S/C11H11NO7/c1-19-11(16)10(15)9(14)7-3-2-6(5-13)4-8(7)12(17)18/h2-5,9-10,14-15H,1H3. The SMILES string of the molecule is COC(=O)C(O)C(O)c1ccc(C=O)cc1[N+](=O)[O-]. The molecule has 0 bridgehead atoms. The van der Waals surface area contributed by atoms with Gasteiger partial charge in [0.05, 0.1) is 17.6 Å². The van der Waals surface area contributed by atoms with Crippen molar-refractivity contribution in [3.8, 4) is 0 Å². The van der Waals surface area contributed by atoms with E-state index in [9.17, 15) is 29.9 Å². The molecule has 0 spiro atoms. The Morgan fingerprint density at radius 3 is 2.58 bits per heavy atom. The molecule has 0 saturated heterocycles. The van der Waals surface area contributed by atoms with E-state index in [-0.39, 0.29) is 11.1 Å². The number of esters is 1. The Morgan fingerprint density at radius 1 is 1.47 bits per heavy atom. The zero-order chi connectivity index (χ0) is 14.6. The summed E-state index contributed by atoms with van der Waals surface area (Å²) in [6.07, 6.45) is -3.38. The third-order valence-electron chi connectivity index (χ3n) is 2.45. The molecule has 0 aliphatic carbocycles. The topological polar surface area (TPSA) is 127 Å². The molecule has 8 heteroatoms. The third kappa shape index (κ3) is 3.12. The summed E-state index contributed by atoms with van der Waals surface area (Å²) in [5.41, 5.74) is -0.816. The summed E-state index contributed by atoms with van der Waals surface area (Å²) in [6.45, 7) is 0. The zero-order valence-corrected chi connectivity index (χ0v) is 9.85. The van der Waals surface area contributed by atoms with Crippen molar-refractivity contribution in [1.29, 1.82) is 0 Å². The average Bonchev–Trinajstić information content (AvgIpc) is 2.43. The number of nitrogens with zero attached hydrogens (tertiary/aromatic N) is 1. The first kappa shape index (κ1) is 14.7. The number of methoxy groups -OCH3 is 1. The molecule has 8 nitrogen and oxygen atoms in total. The largest absolute Gasteiger partial charge is 0.467 e. The number of aliphatic hydroxyl groups excluding tert-OH is 2. The lowest BCUT2D eigenvalue weighted by atomic mass is 10.0. The first-order valence-corrected chi connectivity index (χ1v) is 5.09. The van der Waals surface area contributed by atoms with Crippen molar-refractivity contribution in [3.63, 3.8) is 0 Å². The molecule has 2 N–H and O–H groups in total. The van der Waals surface area contributed by atoms with E-state index < -0.39 is 28.8 Å². The Labute approximate surface area is 107 Å². The molecule has 19 heavy (non-hydrogen) atoms. The zero-order valence-electron chi connectivity index (χ0n) is 9.85. The second-order valence-electron chi connectivity index (χ2n) is 3.61. The molecule has 0 fully saturated rings. The van der Waals surface area contributed by atoms with E-state index in [0.29, 0.717) is 6.29 Å². The third-order valence-corrected chi connectivity index (χ3v) is 2.45. The van der Waals surface area contributed by atoms with Crippen LogP contribution in [-0.2, 0) is 9.53 Å². The van der Waals surface area contributed by atoms with E-state index in [1.54, 1.807) is 0 Å². The fourth-order valence-corrected chi connectivity index (χ4v) is 1.46. The summed E-state index contributed by atoms with van der Waals surface area (Å²) < 4.78 is 4.22. The lowest BCUT2D eigenvalue weighted by molar-refractivity contribution is -0.386. The van der Waals surface area contributed by atoms with Crippen molar-refractivity contribution in [2.75, 3.05) is 7.11 Å². The maximum atomic E-state index is 11.1. The molecule has 1 aromatic rings. The number of benzene rings is 1. The molecule has 1 aromatic carbocycles. The van der Waals surface area contributed by atoms with Crippen LogP contribution in [0.3, 0.4) is 0 Å². The van der Waals surface area contributed by atoms with Crippen LogP contribution in [0.5, 0.6) is 0 Å². The second-order valence-corrected chi connectivity index (χ2v) is 3.61. The normalized spacial score (nSPS) is 13.4. The highest BCUT2D eigenvalue weighted by molar-refractivity contribution is 5.78. The van der Waals surface area contributed by atoms with Gasteiger partial charge >= 0.3 is 5.97 Å². The highest BCUT2D eigenvalue weighted by atomic mass is 16.6. The summed E-state index contributed by atoms with van der Waals surface area (Å²) in [6, 6.07) is 3.26. The molecule has 0 radical (unpaired) electrons. The molecule has 0 aliphatic rings. The van der Waals surface area contributed by atoms with Gasteiger partial charge in [0.15, 0.2) is 6.10 Å². The predicted octanol–water partition coefficient (Wildman–Crippen LogP) is -0.0254. The molecule has 0 aliphatic heterocycles. The summed E-state index contributed by atoms with van der Waals surface area (Å²) in [4.78, 5) is 31.6. The van der Waals surface area contributed by atoms with Gasteiger partial charge in [0.25, 0.3) is 5.69 Å². The molecule has 0 saturated carbocycles. The number of carbonyl (C=O) groups is 2. The van der Waals surface area contributed by atoms with Crippen LogP contribution in [0.25, 0.3) is 0 Å². The van der Waals surface area contributed by atoms with Crippen molar-refractivity contribution >= 4 is 17.9 Å². The van der Waals surface area contributed by atoms with Gasteiger partial charge in [-0.05, 0) is 6.07 Å². The van der Waals surface area contributed by atoms with Gasteiger partial charge in [-0.1, -0.05) is 6.07 Å². The average molecular weight is 269 g/mol. The van der Waals surface area contributed by atoms with E-state index in [1.165, 1.54) is 6.07 Å². The van der Waals surface area contributed by atoms with Crippen molar-refractivity contribution in [2.45, 2.75) is 12.2 Å². The molecule has 2 atom stereocenters. The van der Waals surface area contributed by atoms with E-state index in [0.717, 1.165) is 19.2 Å². The first-order chi connectivity index (χ1) is 8.92. The van der Waals surface area contributed by atoms with Crippen LogP contribution in [0, 0.1) is 10.1 Å². The van der Waals surface area contributed by atoms with Gasteiger partial charge < -0.3 is 14.9 Å². The van der Waals surface area contributed by atoms with Gasteiger partial charge in [0.2, 0.25) is 0 Å². The Balaban J connectivity index is 3.22. The summed E-state index contributed by atoms with van der Waals surface area (Å²) in [5.74, 6) is -1.12. The number of aliphatic hydroxyl groups is 2. The predicted molar refractivity (Wildman–Crippen MR) is 61.5 cm³/mol. The van der Waals surface area contributed by atoms with Crippen LogP contribution in [0.1, 0.15) is 22.0 Å². The van der Waals surface area contributed by atoms with Crippen LogP contribution >= 0.6 is 0 Å². The van der Waals surface area contributed by atoms with Gasteiger partial charge in [0, 0.05) is 11.6 Å². The Bertz CT molecular complexity index is 514. The van der Waals surface area contributed by atoms with Crippen LogP contribution < -0.4 is 0 Å². The number of nitro groups is 1. The smallest absolute Gasteiger partial charge is 0.337 e. The van der Waals surface area contributed by atoms with E-state index in [4.69, 9.17) is 0 Å². The maximum absolute atomic E-state index is 11.1. The van der Waals surface area contributed by atoms with Crippen LogP contribution in [0.4, 0.5) is 5.69 Å². The molecular weight excluding hydrogens is 258 g/mol. The number of ether oxygens (including phenoxy) is 1. The highest BCUT2D eigenvalue weighted by Crippen LogP contribution is 2.28. The summed E-state index contributed by atoms with van der Waals surface area (Å²) in [7, 11) is 1.00. The maximum Gasteiger partial charge on any atom is 0.337 e. The molecule has 0 heterocycles. The fraction of sp³-hybridized carbons (Fsp3) is 0.273. The monoisotopic (exact) mass is 269 g/mol. The number of aldehydes is 1. The molecule has 0 amide bonds. The summed E-state index contributed by atoms with van der Waals surface area (Å²) in [5, 5.41) is 30.0. The van der Waals surface area contributed by atoms with E-state index >= 15 is 0 Å².